The number of carbonyl (C=O) groups is 1. The Morgan fingerprint density at radius 1 is 1.17 bits per heavy atom. The standard InChI is InChI=1S/C18H17ClN2OS/c1-11-4-7-13(8-5-11)10-15(22)20-18-21(3)16-12(2)6-9-14(19)17(16)23-18/h4-9H,10H2,1-3H3. The quantitative estimate of drug-likeness (QED) is 0.686. The molecular weight excluding hydrogens is 328 g/mol. The van der Waals surface area contributed by atoms with E-state index in [0.29, 0.717) is 16.2 Å². The minimum atomic E-state index is -0.148. The summed E-state index contributed by atoms with van der Waals surface area (Å²) in [6.07, 6.45) is 0.307. The zero-order valence-corrected chi connectivity index (χ0v) is 14.8. The number of rotatable bonds is 2. The van der Waals surface area contributed by atoms with E-state index in [1.807, 2.05) is 61.9 Å². The van der Waals surface area contributed by atoms with Gasteiger partial charge < -0.3 is 4.57 Å². The highest BCUT2D eigenvalue weighted by Crippen LogP contribution is 2.28. The fourth-order valence-corrected chi connectivity index (χ4v) is 3.93. The van der Waals surface area contributed by atoms with Crippen LogP contribution in [0.4, 0.5) is 0 Å². The molecule has 0 spiro atoms. The van der Waals surface area contributed by atoms with E-state index in [-0.39, 0.29) is 5.91 Å². The van der Waals surface area contributed by atoms with Crippen LogP contribution in [-0.2, 0) is 18.3 Å². The van der Waals surface area contributed by atoms with E-state index in [4.69, 9.17) is 11.6 Å². The van der Waals surface area contributed by atoms with Gasteiger partial charge >= 0.3 is 0 Å². The SMILES string of the molecule is Cc1ccc(CC(=O)N=c2sc3c(Cl)ccc(C)c3n2C)cc1. The summed E-state index contributed by atoms with van der Waals surface area (Å²) in [5, 5.41) is 0.693. The Kier molecular flexibility index (Phi) is 4.37. The maximum absolute atomic E-state index is 12.3. The molecule has 0 aliphatic rings. The third kappa shape index (κ3) is 3.23. The molecule has 0 unspecified atom stereocenters. The lowest BCUT2D eigenvalue weighted by Crippen LogP contribution is -2.14. The van der Waals surface area contributed by atoms with Crippen molar-refractivity contribution in [2.45, 2.75) is 20.3 Å². The van der Waals surface area contributed by atoms with Crippen LogP contribution in [-0.4, -0.2) is 10.5 Å². The first-order valence-electron chi connectivity index (χ1n) is 7.33. The van der Waals surface area contributed by atoms with Crippen molar-refractivity contribution in [1.82, 2.24) is 4.57 Å². The molecule has 0 fully saturated rings. The second kappa shape index (κ2) is 6.30. The molecule has 1 amide bonds. The topological polar surface area (TPSA) is 34.4 Å². The fourth-order valence-electron chi connectivity index (χ4n) is 2.54. The molecule has 3 nitrogen and oxygen atoms in total. The first-order valence-corrected chi connectivity index (χ1v) is 8.53. The molecule has 0 atom stereocenters. The molecule has 5 heteroatoms. The number of carbonyl (C=O) groups excluding carboxylic acids is 1. The molecule has 0 radical (unpaired) electrons. The van der Waals surface area contributed by atoms with E-state index >= 15 is 0 Å². The van der Waals surface area contributed by atoms with Gasteiger partial charge in [0.05, 0.1) is 21.7 Å². The highest BCUT2D eigenvalue weighted by atomic mass is 35.5. The summed E-state index contributed by atoms with van der Waals surface area (Å²) in [6.45, 7) is 4.06. The number of thiazole rings is 1. The van der Waals surface area contributed by atoms with Crippen LogP contribution in [0.2, 0.25) is 5.02 Å². The number of benzene rings is 2. The summed E-state index contributed by atoms with van der Waals surface area (Å²) in [5.41, 5.74) is 4.31. The molecule has 23 heavy (non-hydrogen) atoms. The third-order valence-corrected chi connectivity index (χ3v) is 5.39. The van der Waals surface area contributed by atoms with Crippen LogP contribution in [0, 0.1) is 13.8 Å². The van der Waals surface area contributed by atoms with E-state index in [9.17, 15) is 4.79 Å². The van der Waals surface area contributed by atoms with Crippen LogP contribution in [0.3, 0.4) is 0 Å². The van der Waals surface area contributed by atoms with Gasteiger partial charge in [0.1, 0.15) is 0 Å². The summed E-state index contributed by atoms with van der Waals surface area (Å²) >= 11 is 7.72. The van der Waals surface area contributed by atoms with E-state index < -0.39 is 0 Å². The fraction of sp³-hybridized carbons (Fsp3) is 0.222. The van der Waals surface area contributed by atoms with Crippen molar-refractivity contribution in [2.75, 3.05) is 0 Å². The average Bonchev–Trinajstić information content (AvgIpc) is 2.84. The lowest BCUT2D eigenvalue weighted by Gasteiger charge is -2.01. The molecule has 3 aromatic rings. The number of amides is 1. The Hall–Kier alpha value is -1.91. The van der Waals surface area contributed by atoms with Crippen molar-refractivity contribution in [2.24, 2.45) is 12.0 Å². The summed E-state index contributed by atoms with van der Waals surface area (Å²) < 4.78 is 2.91. The van der Waals surface area contributed by atoms with Gasteiger partial charge in [0.15, 0.2) is 4.80 Å². The Labute approximate surface area is 143 Å². The van der Waals surface area contributed by atoms with Gasteiger partial charge in [-0.05, 0) is 31.0 Å². The second-order valence-electron chi connectivity index (χ2n) is 5.65. The molecule has 1 heterocycles. The maximum Gasteiger partial charge on any atom is 0.252 e. The van der Waals surface area contributed by atoms with Gasteiger partial charge in [0.25, 0.3) is 5.91 Å². The van der Waals surface area contributed by atoms with Crippen molar-refractivity contribution in [3.05, 3.63) is 62.9 Å². The number of halogens is 1. The van der Waals surface area contributed by atoms with E-state index in [2.05, 4.69) is 4.99 Å². The van der Waals surface area contributed by atoms with Crippen molar-refractivity contribution < 1.29 is 4.79 Å². The van der Waals surface area contributed by atoms with Gasteiger partial charge in [-0.25, -0.2) is 0 Å². The molecular formula is C18H17ClN2OS. The van der Waals surface area contributed by atoms with Crippen LogP contribution in [0.15, 0.2) is 41.4 Å². The van der Waals surface area contributed by atoms with Gasteiger partial charge in [-0.15, -0.1) is 0 Å². The van der Waals surface area contributed by atoms with Gasteiger partial charge in [0, 0.05) is 7.05 Å². The maximum atomic E-state index is 12.3. The zero-order valence-electron chi connectivity index (χ0n) is 13.3. The summed E-state index contributed by atoms with van der Waals surface area (Å²) in [4.78, 5) is 17.2. The summed E-state index contributed by atoms with van der Waals surface area (Å²) in [5.74, 6) is -0.148. The lowest BCUT2D eigenvalue weighted by atomic mass is 10.1. The molecule has 0 N–H and O–H groups in total. The molecule has 118 valence electrons. The highest BCUT2D eigenvalue weighted by Gasteiger charge is 2.10. The minimum absolute atomic E-state index is 0.148. The number of hydrogen-bond donors (Lipinski definition) is 0. The molecule has 0 bridgehead atoms. The number of hydrogen-bond acceptors (Lipinski definition) is 2. The summed E-state index contributed by atoms with van der Waals surface area (Å²) in [7, 11) is 1.92. The van der Waals surface area contributed by atoms with E-state index in [1.165, 1.54) is 16.9 Å². The number of fused-ring (bicyclic) bond motifs is 1. The second-order valence-corrected chi connectivity index (χ2v) is 7.04. The molecule has 3 rings (SSSR count). The van der Waals surface area contributed by atoms with Gasteiger partial charge in [-0.1, -0.05) is 58.8 Å². The predicted molar refractivity (Wildman–Crippen MR) is 96.0 cm³/mol. The molecule has 0 aliphatic heterocycles. The first-order chi connectivity index (χ1) is 11.0. The van der Waals surface area contributed by atoms with Gasteiger partial charge in [0.2, 0.25) is 0 Å². The smallest absolute Gasteiger partial charge is 0.252 e. The highest BCUT2D eigenvalue weighted by molar-refractivity contribution is 7.17. The Balaban J connectivity index is 1.99. The molecule has 0 saturated carbocycles. The Morgan fingerprint density at radius 3 is 2.52 bits per heavy atom. The largest absolute Gasteiger partial charge is 0.319 e. The van der Waals surface area contributed by atoms with Crippen LogP contribution in [0.5, 0.6) is 0 Å². The monoisotopic (exact) mass is 344 g/mol. The van der Waals surface area contributed by atoms with Crippen LogP contribution in [0.25, 0.3) is 10.2 Å². The first kappa shape index (κ1) is 16.0. The molecule has 1 aromatic heterocycles. The minimum Gasteiger partial charge on any atom is -0.319 e. The Bertz CT molecular complexity index is 952. The van der Waals surface area contributed by atoms with Gasteiger partial charge in [-0.3, -0.25) is 4.79 Å². The Morgan fingerprint density at radius 2 is 1.87 bits per heavy atom. The van der Waals surface area contributed by atoms with Crippen LogP contribution >= 0.6 is 22.9 Å². The van der Waals surface area contributed by atoms with Crippen molar-refractivity contribution in [3.63, 3.8) is 0 Å². The van der Waals surface area contributed by atoms with E-state index in [0.717, 1.165) is 21.3 Å². The van der Waals surface area contributed by atoms with Crippen molar-refractivity contribution in [1.29, 1.82) is 0 Å². The zero-order chi connectivity index (χ0) is 16.6. The van der Waals surface area contributed by atoms with Crippen molar-refractivity contribution in [3.8, 4) is 0 Å². The average molecular weight is 345 g/mol. The number of aromatic nitrogens is 1. The molecule has 0 saturated heterocycles. The van der Waals surface area contributed by atoms with Gasteiger partial charge in [-0.2, -0.15) is 4.99 Å². The van der Waals surface area contributed by atoms with Crippen molar-refractivity contribution >= 4 is 39.1 Å². The normalized spacial score (nSPS) is 12.1. The van der Waals surface area contributed by atoms with Crippen LogP contribution < -0.4 is 4.80 Å². The van der Waals surface area contributed by atoms with E-state index in [1.54, 1.807) is 0 Å². The van der Waals surface area contributed by atoms with Crippen LogP contribution in [0.1, 0.15) is 16.7 Å². The lowest BCUT2D eigenvalue weighted by molar-refractivity contribution is -0.117. The predicted octanol–water partition coefficient (Wildman–Crippen LogP) is 4.18. The molecule has 0 aliphatic carbocycles. The number of nitrogens with zero attached hydrogens (tertiary/aromatic N) is 2. The summed E-state index contributed by atoms with van der Waals surface area (Å²) in [6, 6.07) is 11.8. The third-order valence-electron chi connectivity index (χ3n) is 3.80. The number of aryl methyl sites for hydroxylation is 3. The molecule has 2 aromatic carbocycles.